The van der Waals surface area contributed by atoms with Crippen molar-refractivity contribution in [2.45, 2.75) is 45.6 Å². The van der Waals surface area contributed by atoms with Crippen molar-refractivity contribution in [3.05, 3.63) is 16.1 Å². The Morgan fingerprint density at radius 3 is 2.14 bits per heavy atom. The van der Waals surface area contributed by atoms with E-state index in [9.17, 15) is 0 Å². The molecule has 14 heavy (non-hydrogen) atoms. The van der Waals surface area contributed by atoms with Crippen LogP contribution >= 0.6 is 11.3 Å². The molecule has 0 spiro atoms. The fourth-order valence-corrected chi connectivity index (χ4v) is 2.05. The van der Waals surface area contributed by atoms with Crippen molar-refractivity contribution < 1.29 is 4.74 Å². The highest BCUT2D eigenvalue weighted by atomic mass is 32.1. The van der Waals surface area contributed by atoms with Crippen LogP contribution in [0.15, 0.2) is 6.20 Å². The van der Waals surface area contributed by atoms with E-state index in [1.807, 2.05) is 6.20 Å². The summed E-state index contributed by atoms with van der Waals surface area (Å²) in [6, 6.07) is 0. The van der Waals surface area contributed by atoms with E-state index in [0.29, 0.717) is 0 Å². The molecule has 0 bridgehead atoms. The fraction of sp³-hybridized carbons (Fsp3) is 0.727. The van der Waals surface area contributed by atoms with Crippen LogP contribution in [-0.4, -0.2) is 12.1 Å². The van der Waals surface area contributed by atoms with Gasteiger partial charge in [-0.25, -0.2) is 4.98 Å². The van der Waals surface area contributed by atoms with Gasteiger partial charge in [0.2, 0.25) is 0 Å². The highest BCUT2D eigenvalue weighted by Crippen LogP contribution is 2.33. The normalized spacial score (nSPS) is 13.3. The summed E-state index contributed by atoms with van der Waals surface area (Å²) in [4.78, 5) is 5.63. The van der Waals surface area contributed by atoms with Gasteiger partial charge in [0.25, 0.3) is 0 Å². The van der Waals surface area contributed by atoms with Crippen LogP contribution in [0.2, 0.25) is 0 Å². The van der Waals surface area contributed by atoms with Crippen molar-refractivity contribution in [3.8, 4) is 0 Å². The first kappa shape index (κ1) is 11.7. The summed E-state index contributed by atoms with van der Waals surface area (Å²) >= 11 is 1.74. The van der Waals surface area contributed by atoms with Crippen molar-refractivity contribution >= 4 is 11.3 Å². The lowest BCUT2D eigenvalue weighted by Gasteiger charge is -2.20. The molecule has 0 saturated carbocycles. The Labute approximate surface area is 90.3 Å². The summed E-state index contributed by atoms with van der Waals surface area (Å²) in [6.07, 6.45) is 1.93. The average molecular weight is 213 g/mol. The van der Waals surface area contributed by atoms with E-state index in [-0.39, 0.29) is 11.0 Å². The van der Waals surface area contributed by atoms with Crippen molar-refractivity contribution in [2.24, 2.45) is 0 Å². The number of thiazole rings is 1. The SMILES string of the molecule is COC(C)(C)c1cnc(C(C)(C)C)s1. The molecule has 1 rings (SSSR count). The molecular weight excluding hydrogens is 194 g/mol. The number of aromatic nitrogens is 1. The van der Waals surface area contributed by atoms with Gasteiger partial charge in [-0.15, -0.1) is 11.3 Å². The topological polar surface area (TPSA) is 22.1 Å². The molecule has 1 heterocycles. The van der Waals surface area contributed by atoms with Crippen LogP contribution in [0.5, 0.6) is 0 Å². The van der Waals surface area contributed by atoms with Crippen LogP contribution in [0.3, 0.4) is 0 Å². The minimum absolute atomic E-state index is 0.132. The highest BCUT2D eigenvalue weighted by Gasteiger charge is 2.25. The summed E-state index contributed by atoms with van der Waals surface area (Å²) < 4.78 is 5.42. The fourth-order valence-electron chi connectivity index (χ4n) is 1.000. The quantitative estimate of drug-likeness (QED) is 0.752. The molecule has 0 radical (unpaired) electrons. The predicted molar refractivity (Wildman–Crippen MR) is 60.8 cm³/mol. The lowest BCUT2D eigenvalue weighted by Crippen LogP contribution is -2.17. The molecule has 0 aromatic carbocycles. The van der Waals surface area contributed by atoms with Crippen molar-refractivity contribution in [1.29, 1.82) is 0 Å². The summed E-state index contributed by atoms with van der Waals surface area (Å²) in [5, 5.41) is 1.16. The smallest absolute Gasteiger partial charge is 0.0982 e. The maximum absolute atomic E-state index is 5.42. The Morgan fingerprint density at radius 2 is 1.79 bits per heavy atom. The standard InChI is InChI=1S/C11H19NOS/c1-10(2,3)9-12-7-8(14-9)11(4,5)13-6/h7H,1-6H3. The number of rotatable bonds is 2. The number of methoxy groups -OCH3 is 1. The average Bonchev–Trinajstić information content (AvgIpc) is 2.51. The van der Waals surface area contributed by atoms with Gasteiger partial charge in [0.05, 0.1) is 15.5 Å². The van der Waals surface area contributed by atoms with Gasteiger partial charge in [0, 0.05) is 18.7 Å². The molecule has 0 saturated heterocycles. The van der Waals surface area contributed by atoms with E-state index in [4.69, 9.17) is 4.74 Å². The Bertz CT molecular complexity index is 309. The van der Waals surface area contributed by atoms with Crippen LogP contribution in [0.25, 0.3) is 0 Å². The Morgan fingerprint density at radius 1 is 1.21 bits per heavy atom. The molecule has 0 N–H and O–H groups in total. The molecule has 0 aliphatic rings. The highest BCUT2D eigenvalue weighted by molar-refractivity contribution is 7.11. The first-order valence-electron chi connectivity index (χ1n) is 4.79. The minimum atomic E-state index is -0.221. The molecule has 0 aliphatic heterocycles. The van der Waals surface area contributed by atoms with Crippen molar-refractivity contribution in [3.63, 3.8) is 0 Å². The first-order valence-corrected chi connectivity index (χ1v) is 5.61. The van der Waals surface area contributed by atoms with Gasteiger partial charge in [-0.2, -0.15) is 0 Å². The monoisotopic (exact) mass is 213 g/mol. The lowest BCUT2D eigenvalue weighted by molar-refractivity contribution is 0.0222. The van der Waals surface area contributed by atoms with Gasteiger partial charge >= 0.3 is 0 Å². The number of ether oxygens (including phenoxy) is 1. The number of hydrogen-bond donors (Lipinski definition) is 0. The third-order valence-electron chi connectivity index (χ3n) is 2.25. The molecule has 80 valence electrons. The molecule has 1 aromatic heterocycles. The molecule has 0 unspecified atom stereocenters. The zero-order valence-corrected chi connectivity index (χ0v) is 10.7. The van der Waals surface area contributed by atoms with Gasteiger partial charge in [-0.1, -0.05) is 20.8 Å². The molecule has 0 atom stereocenters. The zero-order chi connectivity index (χ0) is 11.0. The Hall–Kier alpha value is -0.410. The Kier molecular flexibility index (Phi) is 3.02. The maximum atomic E-state index is 5.42. The van der Waals surface area contributed by atoms with Crippen LogP contribution in [0.4, 0.5) is 0 Å². The summed E-state index contributed by atoms with van der Waals surface area (Å²) in [5.74, 6) is 0. The van der Waals surface area contributed by atoms with Crippen LogP contribution in [0.1, 0.15) is 44.5 Å². The predicted octanol–water partition coefficient (Wildman–Crippen LogP) is 3.32. The molecule has 0 fully saturated rings. The second kappa shape index (κ2) is 3.63. The van der Waals surface area contributed by atoms with E-state index < -0.39 is 0 Å². The first-order chi connectivity index (χ1) is 6.27. The summed E-state index contributed by atoms with van der Waals surface area (Å²) in [6.45, 7) is 10.7. The van der Waals surface area contributed by atoms with Crippen LogP contribution in [0, 0.1) is 0 Å². The molecule has 0 aliphatic carbocycles. The zero-order valence-electron chi connectivity index (χ0n) is 9.84. The van der Waals surface area contributed by atoms with Gasteiger partial charge in [0.1, 0.15) is 0 Å². The van der Waals surface area contributed by atoms with Crippen molar-refractivity contribution in [1.82, 2.24) is 4.98 Å². The minimum Gasteiger partial charge on any atom is -0.373 e. The second-order valence-corrected chi connectivity index (χ2v) is 6.02. The summed E-state index contributed by atoms with van der Waals surface area (Å²) in [7, 11) is 1.73. The van der Waals surface area contributed by atoms with Crippen LogP contribution < -0.4 is 0 Å². The van der Waals surface area contributed by atoms with Gasteiger partial charge < -0.3 is 4.74 Å². The van der Waals surface area contributed by atoms with E-state index in [0.717, 1.165) is 5.01 Å². The third-order valence-corrected chi connectivity index (χ3v) is 3.98. The second-order valence-electron chi connectivity index (χ2n) is 4.99. The maximum Gasteiger partial charge on any atom is 0.0982 e. The Balaban J connectivity index is 3.00. The van der Waals surface area contributed by atoms with Crippen molar-refractivity contribution in [2.75, 3.05) is 7.11 Å². The van der Waals surface area contributed by atoms with E-state index in [1.165, 1.54) is 4.88 Å². The van der Waals surface area contributed by atoms with Gasteiger partial charge in [-0.3, -0.25) is 0 Å². The van der Waals surface area contributed by atoms with Gasteiger partial charge in [-0.05, 0) is 13.8 Å². The molecule has 2 nitrogen and oxygen atoms in total. The summed E-state index contributed by atoms with van der Waals surface area (Å²) in [5.41, 5.74) is -0.0894. The molecular formula is C11H19NOS. The van der Waals surface area contributed by atoms with E-state index in [1.54, 1.807) is 18.4 Å². The molecule has 1 aromatic rings. The van der Waals surface area contributed by atoms with Gasteiger partial charge in [0.15, 0.2) is 0 Å². The molecule has 0 amide bonds. The van der Waals surface area contributed by atoms with E-state index in [2.05, 4.69) is 39.6 Å². The number of nitrogens with zero attached hydrogens (tertiary/aromatic N) is 1. The van der Waals surface area contributed by atoms with E-state index >= 15 is 0 Å². The third kappa shape index (κ3) is 2.34. The largest absolute Gasteiger partial charge is 0.373 e. The van der Waals surface area contributed by atoms with Crippen LogP contribution in [-0.2, 0) is 15.8 Å². The number of hydrogen-bond acceptors (Lipinski definition) is 3. The lowest BCUT2D eigenvalue weighted by atomic mass is 9.98. The molecule has 3 heteroatoms.